The number of anilines is 1. The highest BCUT2D eigenvalue weighted by Gasteiger charge is 2.18. The summed E-state index contributed by atoms with van der Waals surface area (Å²) < 4.78 is 1.53. The molecule has 3 N–H and O–H groups in total. The third-order valence-corrected chi connectivity index (χ3v) is 4.27. The zero-order valence-electron chi connectivity index (χ0n) is 13.8. The molecule has 1 aromatic carbocycles. The van der Waals surface area contributed by atoms with Crippen LogP contribution in [0.3, 0.4) is 0 Å². The number of carbonyl (C=O) groups is 1. The van der Waals surface area contributed by atoms with Gasteiger partial charge in [0.2, 0.25) is 0 Å². The van der Waals surface area contributed by atoms with E-state index in [9.17, 15) is 4.79 Å². The number of amides is 1. The first-order valence-corrected chi connectivity index (χ1v) is 8.09. The van der Waals surface area contributed by atoms with Crippen LogP contribution < -0.4 is 11.1 Å². The number of hydrogen-bond donors (Lipinski definition) is 2. The van der Waals surface area contributed by atoms with Crippen molar-refractivity contribution in [3.63, 3.8) is 0 Å². The van der Waals surface area contributed by atoms with Crippen LogP contribution in [0.25, 0.3) is 22.5 Å². The van der Waals surface area contributed by atoms with Crippen LogP contribution in [-0.4, -0.2) is 32.2 Å². The summed E-state index contributed by atoms with van der Waals surface area (Å²) in [6, 6.07) is 7.60. The first kappa shape index (κ1) is 15.8. The van der Waals surface area contributed by atoms with Gasteiger partial charge in [0.05, 0.1) is 24.2 Å². The van der Waals surface area contributed by atoms with E-state index in [1.807, 2.05) is 18.2 Å². The number of nitrogens with one attached hydrogen (secondary N) is 1. The fourth-order valence-electron chi connectivity index (χ4n) is 2.98. The van der Waals surface area contributed by atoms with Crippen LogP contribution in [0.4, 0.5) is 5.82 Å². The van der Waals surface area contributed by atoms with Crippen molar-refractivity contribution >= 4 is 11.7 Å². The lowest BCUT2D eigenvalue weighted by molar-refractivity contribution is 0.0946. The second-order valence-electron chi connectivity index (χ2n) is 5.95. The normalized spacial score (nSPS) is 13.0. The van der Waals surface area contributed by atoms with E-state index in [1.165, 1.54) is 4.68 Å². The van der Waals surface area contributed by atoms with Crippen LogP contribution in [0.5, 0.6) is 0 Å². The molecule has 3 aromatic rings. The number of nitrogen functional groups attached to an aromatic ring is 1. The van der Waals surface area contributed by atoms with Crippen molar-refractivity contribution in [2.45, 2.75) is 13.0 Å². The number of benzene rings is 1. The molecule has 1 aliphatic heterocycles. The Hall–Kier alpha value is -3.73. The lowest BCUT2D eigenvalue weighted by atomic mass is 9.96. The summed E-state index contributed by atoms with van der Waals surface area (Å²) >= 11 is 0. The predicted octanol–water partition coefficient (Wildman–Crippen LogP) is 1.40. The Balaban J connectivity index is 1.75. The molecule has 2 aromatic heterocycles. The summed E-state index contributed by atoms with van der Waals surface area (Å²) in [5, 5.41) is 15.7. The van der Waals surface area contributed by atoms with Crippen molar-refractivity contribution in [2.24, 2.45) is 0 Å². The van der Waals surface area contributed by atoms with E-state index in [0.29, 0.717) is 29.3 Å². The number of nitrogens with two attached hydrogens (primary N) is 1. The molecule has 4 rings (SSSR count). The van der Waals surface area contributed by atoms with Crippen LogP contribution in [0.2, 0.25) is 0 Å². The highest BCUT2D eigenvalue weighted by Crippen LogP contribution is 2.28. The third-order valence-electron chi connectivity index (χ3n) is 4.27. The summed E-state index contributed by atoms with van der Waals surface area (Å²) in [7, 11) is 0. The van der Waals surface area contributed by atoms with Crippen LogP contribution in [0.15, 0.2) is 36.8 Å². The lowest BCUT2D eigenvalue weighted by Gasteiger charge is -2.17. The van der Waals surface area contributed by atoms with Crippen molar-refractivity contribution < 1.29 is 4.79 Å². The van der Waals surface area contributed by atoms with Gasteiger partial charge >= 0.3 is 0 Å². The van der Waals surface area contributed by atoms with Crippen molar-refractivity contribution in [3.8, 4) is 28.6 Å². The minimum Gasteiger partial charge on any atom is -0.382 e. The minimum atomic E-state index is -0.0597. The van der Waals surface area contributed by atoms with Crippen molar-refractivity contribution in [1.29, 1.82) is 5.26 Å². The molecule has 0 radical (unpaired) electrons. The van der Waals surface area contributed by atoms with Gasteiger partial charge in [0.1, 0.15) is 18.1 Å². The van der Waals surface area contributed by atoms with E-state index in [0.717, 1.165) is 23.1 Å². The maximum absolute atomic E-state index is 11.9. The van der Waals surface area contributed by atoms with Gasteiger partial charge < -0.3 is 11.1 Å². The zero-order chi connectivity index (χ0) is 18.1. The zero-order valence-corrected chi connectivity index (χ0v) is 13.8. The molecule has 0 atom stereocenters. The maximum atomic E-state index is 11.9. The van der Waals surface area contributed by atoms with Gasteiger partial charge in [0.15, 0.2) is 0 Å². The number of nitriles is 1. The fourth-order valence-corrected chi connectivity index (χ4v) is 2.98. The molecule has 26 heavy (non-hydrogen) atoms. The number of rotatable bonds is 3. The molecule has 0 fully saturated rings. The molecule has 1 amide bonds. The monoisotopic (exact) mass is 345 g/mol. The van der Waals surface area contributed by atoms with Crippen LogP contribution in [-0.2, 0) is 13.0 Å². The van der Waals surface area contributed by atoms with E-state index >= 15 is 0 Å². The average molecular weight is 345 g/mol. The highest BCUT2D eigenvalue weighted by atomic mass is 16.1. The van der Waals surface area contributed by atoms with Gasteiger partial charge in [-0.2, -0.15) is 10.4 Å². The summed E-state index contributed by atoms with van der Waals surface area (Å²) in [4.78, 5) is 20.8. The van der Waals surface area contributed by atoms with Crippen molar-refractivity contribution in [3.05, 3.63) is 47.9 Å². The highest BCUT2D eigenvalue weighted by molar-refractivity contribution is 5.97. The van der Waals surface area contributed by atoms with Gasteiger partial charge in [0.25, 0.3) is 5.91 Å². The molecule has 0 saturated heterocycles. The van der Waals surface area contributed by atoms with Gasteiger partial charge in [0, 0.05) is 29.4 Å². The first-order chi connectivity index (χ1) is 12.7. The molecule has 1 aliphatic rings. The SMILES string of the molecule is N#CCn1cc(-c2cnc(N)c(-c3ccc4c(c3)CCNC4=O)n2)cn1. The Kier molecular flexibility index (Phi) is 3.82. The standard InChI is InChI=1S/C18H15N7O/c19-4-6-25-10-13(8-23-25)15-9-22-17(20)16(24-15)12-1-2-14-11(7-12)3-5-21-18(14)26/h1-2,7-10H,3,5-6H2,(H2,20,22)(H,21,26). The molecule has 0 bridgehead atoms. The summed E-state index contributed by atoms with van der Waals surface area (Å²) in [6.07, 6.45) is 5.73. The van der Waals surface area contributed by atoms with Crippen molar-refractivity contribution in [2.75, 3.05) is 12.3 Å². The number of hydrogen-bond acceptors (Lipinski definition) is 6. The van der Waals surface area contributed by atoms with Gasteiger partial charge in [-0.25, -0.2) is 9.97 Å². The smallest absolute Gasteiger partial charge is 0.251 e. The van der Waals surface area contributed by atoms with E-state index in [1.54, 1.807) is 24.7 Å². The molecule has 8 heteroatoms. The number of aromatic nitrogens is 4. The molecule has 0 spiro atoms. The first-order valence-electron chi connectivity index (χ1n) is 8.09. The largest absolute Gasteiger partial charge is 0.382 e. The number of carbonyl (C=O) groups excluding carboxylic acids is 1. The topological polar surface area (TPSA) is 123 Å². The molecule has 3 heterocycles. The predicted molar refractivity (Wildman–Crippen MR) is 94.8 cm³/mol. The summed E-state index contributed by atoms with van der Waals surface area (Å²) in [5.41, 5.74) is 10.4. The van der Waals surface area contributed by atoms with Gasteiger partial charge in [-0.1, -0.05) is 6.07 Å². The molecule has 0 unspecified atom stereocenters. The Labute approximate surface area is 149 Å². The fraction of sp³-hybridized carbons (Fsp3) is 0.167. The maximum Gasteiger partial charge on any atom is 0.251 e. The lowest BCUT2D eigenvalue weighted by Crippen LogP contribution is -2.31. The van der Waals surface area contributed by atoms with Gasteiger partial charge in [-0.05, 0) is 24.1 Å². The Morgan fingerprint density at radius 2 is 2.19 bits per heavy atom. The molecule has 128 valence electrons. The third kappa shape index (κ3) is 2.75. The van der Waals surface area contributed by atoms with E-state index < -0.39 is 0 Å². The quantitative estimate of drug-likeness (QED) is 0.740. The Bertz CT molecular complexity index is 1050. The Morgan fingerprint density at radius 1 is 1.31 bits per heavy atom. The summed E-state index contributed by atoms with van der Waals surface area (Å²) in [6.45, 7) is 0.788. The summed E-state index contributed by atoms with van der Waals surface area (Å²) in [5.74, 6) is 0.258. The molecular formula is C18H15N7O. The van der Waals surface area contributed by atoms with E-state index in [-0.39, 0.29) is 12.5 Å². The van der Waals surface area contributed by atoms with Gasteiger partial charge in [-0.3, -0.25) is 9.48 Å². The van der Waals surface area contributed by atoms with Gasteiger partial charge in [-0.15, -0.1) is 0 Å². The molecule has 0 aliphatic carbocycles. The molecule has 0 saturated carbocycles. The second-order valence-corrected chi connectivity index (χ2v) is 5.95. The van der Waals surface area contributed by atoms with Crippen LogP contribution in [0.1, 0.15) is 15.9 Å². The van der Waals surface area contributed by atoms with E-state index in [2.05, 4.69) is 20.4 Å². The second kappa shape index (κ2) is 6.29. The van der Waals surface area contributed by atoms with E-state index in [4.69, 9.17) is 11.0 Å². The average Bonchev–Trinajstić information content (AvgIpc) is 3.11. The molecular weight excluding hydrogens is 330 g/mol. The molecule has 8 nitrogen and oxygen atoms in total. The van der Waals surface area contributed by atoms with Crippen LogP contribution in [0, 0.1) is 11.3 Å². The number of fused-ring (bicyclic) bond motifs is 1. The Morgan fingerprint density at radius 3 is 3.04 bits per heavy atom. The minimum absolute atomic E-state index is 0.0597. The van der Waals surface area contributed by atoms with Crippen molar-refractivity contribution in [1.82, 2.24) is 25.1 Å². The van der Waals surface area contributed by atoms with Crippen LogP contribution >= 0.6 is 0 Å². The number of nitrogens with zero attached hydrogens (tertiary/aromatic N) is 5.